The Morgan fingerprint density at radius 3 is 1.83 bits per heavy atom. The van der Waals surface area contributed by atoms with Gasteiger partial charge in [0.05, 0.1) is 13.2 Å². The second-order valence-electron chi connectivity index (χ2n) is 17.1. The van der Waals surface area contributed by atoms with Crippen molar-refractivity contribution < 1.29 is 59.4 Å². The van der Waals surface area contributed by atoms with Gasteiger partial charge in [0.2, 0.25) is 6.29 Å². The lowest BCUT2D eigenvalue weighted by Crippen LogP contribution is -2.62. The number of hydrogen-bond donors (Lipinski definition) is 7. The monoisotopic (exact) mass is 754 g/mol. The summed E-state index contributed by atoms with van der Waals surface area (Å²) in [6.45, 7) is 16.4. The summed E-state index contributed by atoms with van der Waals surface area (Å²) in [5, 5.41) is 72.3. The van der Waals surface area contributed by atoms with Crippen LogP contribution in [0.2, 0.25) is 0 Å². The SMILES string of the molecule is Cc1c(C)c2c(c(C)c1OC1O[C@H](CO[C@H]3O[C@H](CO)[C@H](O)[C@H](O)[C@H]3O)[C@@H](O)[C@H](O)[C@H]1O)CC[C@](C)(CCC[C@@H](C)CCC[C@@H](C)CCCC(C)C)O2. The van der Waals surface area contributed by atoms with Crippen LogP contribution in [0, 0.1) is 38.5 Å². The van der Waals surface area contributed by atoms with Gasteiger partial charge in [-0.05, 0) is 87.8 Å². The summed E-state index contributed by atoms with van der Waals surface area (Å²) in [6.07, 6.45) is -2.09. The highest BCUT2D eigenvalue weighted by Crippen LogP contribution is 2.46. The molecular formula is C41H70O12. The highest BCUT2D eigenvalue weighted by Gasteiger charge is 2.48. The minimum atomic E-state index is -1.65. The maximum atomic E-state index is 10.9. The van der Waals surface area contributed by atoms with E-state index in [4.69, 9.17) is 23.7 Å². The summed E-state index contributed by atoms with van der Waals surface area (Å²) >= 11 is 0. The minimum Gasteiger partial charge on any atom is -0.487 e. The standard InChI is InChI=1S/C41H70O12/c1-22(2)12-9-13-23(3)14-10-15-24(4)16-11-18-41(8)19-17-28-27(7)37(25(5)26(6)38(28)53-41)52-40-36(48)34(46)32(44)30(51-40)21-49-39-35(47)33(45)31(43)29(20-42)50-39/h22-24,29-36,39-40,42-48H,9-21H2,1-8H3/t23-,24-,29+,30+,31-,32+,33-,34-,35+,36+,39-,40?,41-/m0/s1. The third kappa shape index (κ3) is 11.1. The van der Waals surface area contributed by atoms with Crippen molar-refractivity contribution >= 4 is 0 Å². The van der Waals surface area contributed by atoms with Crippen LogP contribution < -0.4 is 9.47 Å². The predicted octanol–water partition coefficient (Wildman–Crippen LogP) is 4.14. The molecule has 12 heteroatoms. The first-order valence-corrected chi connectivity index (χ1v) is 20.1. The second kappa shape index (κ2) is 19.5. The van der Waals surface area contributed by atoms with Gasteiger partial charge in [-0.3, -0.25) is 0 Å². The average molecular weight is 755 g/mol. The van der Waals surface area contributed by atoms with Gasteiger partial charge in [0.15, 0.2) is 6.29 Å². The molecule has 0 amide bonds. The number of rotatable bonds is 18. The molecule has 3 aliphatic heterocycles. The number of hydrogen-bond acceptors (Lipinski definition) is 12. The summed E-state index contributed by atoms with van der Waals surface area (Å²) in [5.74, 6) is 3.66. The molecule has 0 radical (unpaired) electrons. The van der Waals surface area contributed by atoms with Crippen LogP contribution in [0.3, 0.4) is 0 Å². The van der Waals surface area contributed by atoms with Crippen molar-refractivity contribution in [2.24, 2.45) is 17.8 Å². The molecule has 0 bridgehead atoms. The fraction of sp³-hybridized carbons (Fsp3) is 0.854. The molecule has 2 saturated heterocycles. The normalized spacial score (nSPS) is 34.4. The van der Waals surface area contributed by atoms with E-state index in [-0.39, 0.29) is 5.60 Å². The minimum absolute atomic E-state index is 0.277. The topological polar surface area (TPSA) is 188 Å². The van der Waals surface area contributed by atoms with Crippen LogP contribution in [-0.4, -0.2) is 116 Å². The van der Waals surface area contributed by atoms with Crippen molar-refractivity contribution in [3.8, 4) is 11.5 Å². The lowest BCUT2D eigenvalue weighted by atomic mass is 9.83. The van der Waals surface area contributed by atoms with Crippen LogP contribution in [-0.2, 0) is 20.6 Å². The highest BCUT2D eigenvalue weighted by atomic mass is 16.7. The van der Waals surface area contributed by atoms with Crippen molar-refractivity contribution in [3.63, 3.8) is 0 Å². The van der Waals surface area contributed by atoms with Crippen molar-refractivity contribution in [2.75, 3.05) is 13.2 Å². The highest BCUT2D eigenvalue weighted by molar-refractivity contribution is 5.59. The molecule has 1 aromatic rings. The maximum Gasteiger partial charge on any atom is 0.229 e. The number of aliphatic hydroxyl groups excluding tert-OH is 7. The second-order valence-corrected chi connectivity index (χ2v) is 17.1. The molecule has 7 N–H and O–H groups in total. The quantitative estimate of drug-likeness (QED) is 0.114. The molecule has 2 fully saturated rings. The first kappa shape index (κ1) is 44.1. The van der Waals surface area contributed by atoms with E-state index in [0.717, 1.165) is 65.5 Å². The van der Waals surface area contributed by atoms with Crippen LogP contribution in [0.25, 0.3) is 0 Å². The Balaban J connectivity index is 1.34. The van der Waals surface area contributed by atoms with Crippen LogP contribution in [0.1, 0.15) is 121 Å². The maximum absolute atomic E-state index is 10.9. The summed E-state index contributed by atoms with van der Waals surface area (Å²) in [4.78, 5) is 0. The van der Waals surface area contributed by atoms with E-state index in [9.17, 15) is 35.7 Å². The van der Waals surface area contributed by atoms with Crippen LogP contribution >= 0.6 is 0 Å². The zero-order valence-electron chi connectivity index (χ0n) is 33.4. The molecule has 3 heterocycles. The number of benzene rings is 1. The Kier molecular flexibility index (Phi) is 16.3. The first-order chi connectivity index (χ1) is 25.0. The summed E-state index contributed by atoms with van der Waals surface area (Å²) in [6, 6.07) is 0. The molecule has 12 nitrogen and oxygen atoms in total. The zero-order chi connectivity index (χ0) is 39.2. The van der Waals surface area contributed by atoms with E-state index in [1.54, 1.807) is 0 Å². The van der Waals surface area contributed by atoms with Gasteiger partial charge < -0.3 is 59.4 Å². The molecule has 3 aliphatic rings. The van der Waals surface area contributed by atoms with Crippen LogP contribution in [0.15, 0.2) is 0 Å². The van der Waals surface area contributed by atoms with Crippen molar-refractivity contribution in [2.45, 2.75) is 193 Å². The third-order valence-electron chi connectivity index (χ3n) is 12.0. The predicted molar refractivity (Wildman–Crippen MR) is 200 cm³/mol. The fourth-order valence-electron chi connectivity index (χ4n) is 8.10. The van der Waals surface area contributed by atoms with Crippen molar-refractivity contribution in [3.05, 3.63) is 22.3 Å². The Bertz CT molecular complexity index is 1290. The Morgan fingerprint density at radius 1 is 0.679 bits per heavy atom. The van der Waals surface area contributed by atoms with E-state index in [1.807, 2.05) is 20.8 Å². The van der Waals surface area contributed by atoms with Gasteiger partial charge in [0.25, 0.3) is 0 Å². The van der Waals surface area contributed by atoms with Crippen molar-refractivity contribution in [1.82, 2.24) is 0 Å². The molecule has 0 spiro atoms. The molecule has 0 aliphatic carbocycles. The van der Waals surface area contributed by atoms with Gasteiger partial charge in [0.1, 0.15) is 65.9 Å². The van der Waals surface area contributed by atoms with E-state index in [2.05, 4.69) is 34.6 Å². The number of fused-ring (bicyclic) bond motifs is 1. The summed E-state index contributed by atoms with van der Waals surface area (Å²) < 4.78 is 30.0. The summed E-state index contributed by atoms with van der Waals surface area (Å²) in [7, 11) is 0. The lowest BCUT2D eigenvalue weighted by Gasteiger charge is -2.43. The van der Waals surface area contributed by atoms with E-state index in [0.29, 0.717) is 11.7 Å². The first-order valence-electron chi connectivity index (χ1n) is 20.1. The van der Waals surface area contributed by atoms with Gasteiger partial charge in [0, 0.05) is 5.56 Å². The van der Waals surface area contributed by atoms with Gasteiger partial charge >= 0.3 is 0 Å². The molecule has 4 rings (SSSR count). The van der Waals surface area contributed by atoms with Gasteiger partial charge in [-0.15, -0.1) is 0 Å². The van der Waals surface area contributed by atoms with Crippen molar-refractivity contribution in [1.29, 1.82) is 0 Å². The van der Waals surface area contributed by atoms with Gasteiger partial charge in [-0.2, -0.15) is 0 Å². The molecule has 13 atom stereocenters. The molecule has 1 aromatic carbocycles. The van der Waals surface area contributed by atoms with Crippen LogP contribution in [0.4, 0.5) is 0 Å². The van der Waals surface area contributed by atoms with E-state index in [1.165, 1.54) is 44.9 Å². The van der Waals surface area contributed by atoms with E-state index < -0.39 is 74.6 Å². The zero-order valence-corrected chi connectivity index (χ0v) is 33.4. The lowest BCUT2D eigenvalue weighted by molar-refractivity contribution is -0.323. The number of aliphatic hydroxyl groups is 7. The third-order valence-corrected chi connectivity index (χ3v) is 12.0. The Morgan fingerprint density at radius 2 is 1.23 bits per heavy atom. The molecule has 0 saturated carbocycles. The molecule has 0 aromatic heterocycles. The smallest absolute Gasteiger partial charge is 0.229 e. The Labute approximate surface area is 316 Å². The van der Waals surface area contributed by atoms with Gasteiger partial charge in [-0.1, -0.05) is 72.6 Å². The molecule has 53 heavy (non-hydrogen) atoms. The molecular weight excluding hydrogens is 684 g/mol. The van der Waals surface area contributed by atoms with Gasteiger partial charge in [-0.25, -0.2) is 0 Å². The Hall–Kier alpha value is -1.58. The number of ether oxygens (including phenoxy) is 5. The summed E-state index contributed by atoms with van der Waals surface area (Å²) in [5.41, 5.74) is 3.34. The molecule has 1 unspecified atom stereocenters. The average Bonchev–Trinajstić information content (AvgIpc) is 3.11. The largest absolute Gasteiger partial charge is 0.487 e. The molecule has 306 valence electrons. The van der Waals surface area contributed by atoms with Crippen LogP contribution in [0.5, 0.6) is 11.5 Å². The van der Waals surface area contributed by atoms with E-state index >= 15 is 0 Å². The fourth-order valence-corrected chi connectivity index (χ4v) is 8.10.